The molecule has 0 bridgehead atoms. The highest BCUT2D eigenvalue weighted by Crippen LogP contribution is 2.35. The molecule has 0 radical (unpaired) electrons. The molecule has 200 valence electrons. The molecule has 0 spiro atoms. The zero-order valence-corrected chi connectivity index (χ0v) is 22.2. The quantitative estimate of drug-likeness (QED) is 0.612. The molecule has 3 heterocycles. The van der Waals surface area contributed by atoms with E-state index >= 15 is 0 Å². The lowest BCUT2D eigenvalue weighted by atomic mass is 10.0. The Morgan fingerprint density at radius 2 is 1.59 bits per heavy atom. The number of hydrogen-bond donors (Lipinski definition) is 1. The van der Waals surface area contributed by atoms with E-state index in [1.54, 1.807) is 9.80 Å². The lowest BCUT2D eigenvalue weighted by Crippen LogP contribution is -2.53. The Labute approximate surface area is 219 Å². The Kier molecular flexibility index (Phi) is 7.54. The normalized spacial score (nSPS) is 24.7. The first-order valence-corrected chi connectivity index (χ1v) is 14.1. The van der Waals surface area contributed by atoms with E-state index in [-0.39, 0.29) is 47.9 Å². The van der Waals surface area contributed by atoms with Gasteiger partial charge in [0.2, 0.25) is 11.8 Å². The first-order chi connectivity index (χ1) is 17.8. The van der Waals surface area contributed by atoms with Crippen LogP contribution in [0.5, 0.6) is 0 Å². The van der Waals surface area contributed by atoms with Crippen LogP contribution in [0.15, 0.2) is 24.3 Å². The second-order valence-electron chi connectivity index (χ2n) is 11.6. The Morgan fingerprint density at radius 1 is 0.919 bits per heavy atom. The Balaban J connectivity index is 1.27. The number of fused-ring (bicyclic) bond motifs is 1. The summed E-state index contributed by atoms with van der Waals surface area (Å²) in [5.41, 5.74) is 1.64. The van der Waals surface area contributed by atoms with E-state index < -0.39 is 12.1 Å². The number of ketones is 1. The standard InChI is InChI=1S/C29H40N4O4/c1-19(2)17-23(30-27(35)20-9-11-22(12-10-20)31-14-5-6-15-31)29(37)32-16-13-24-26(32)25(34)18-33(24)28(36)21-7-3-4-8-21/h9-12,19,21,23-24,26H,3-8,13-18H2,1-2H3,(H,30,35). The molecule has 3 amide bonds. The maximum absolute atomic E-state index is 13.7. The molecule has 3 atom stereocenters. The van der Waals surface area contributed by atoms with Crippen molar-refractivity contribution in [2.75, 3.05) is 31.1 Å². The fourth-order valence-corrected chi connectivity index (χ4v) is 6.70. The topological polar surface area (TPSA) is 90.0 Å². The molecule has 1 aromatic rings. The van der Waals surface area contributed by atoms with E-state index in [2.05, 4.69) is 10.2 Å². The minimum atomic E-state index is -0.711. The van der Waals surface area contributed by atoms with Crippen LogP contribution in [0.1, 0.15) is 75.6 Å². The van der Waals surface area contributed by atoms with Crippen LogP contribution in [0.3, 0.4) is 0 Å². The number of rotatable bonds is 7. The highest BCUT2D eigenvalue weighted by molar-refractivity contribution is 6.01. The van der Waals surface area contributed by atoms with Gasteiger partial charge in [-0.3, -0.25) is 19.2 Å². The summed E-state index contributed by atoms with van der Waals surface area (Å²) in [5.74, 6) is -0.275. The van der Waals surface area contributed by atoms with Crippen molar-refractivity contribution in [2.45, 2.75) is 83.3 Å². The fourth-order valence-electron chi connectivity index (χ4n) is 6.70. The molecule has 1 aromatic carbocycles. The van der Waals surface area contributed by atoms with Crippen molar-refractivity contribution >= 4 is 29.2 Å². The molecule has 8 nitrogen and oxygen atoms in total. The second kappa shape index (κ2) is 10.8. The van der Waals surface area contributed by atoms with Gasteiger partial charge in [-0.1, -0.05) is 26.7 Å². The van der Waals surface area contributed by atoms with E-state index in [0.717, 1.165) is 44.5 Å². The first-order valence-electron chi connectivity index (χ1n) is 14.1. The summed E-state index contributed by atoms with van der Waals surface area (Å²) in [5, 5.41) is 2.97. The zero-order valence-electron chi connectivity index (χ0n) is 22.2. The number of carbonyl (C=O) groups is 4. The summed E-state index contributed by atoms with van der Waals surface area (Å²) in [6.07, 6.45) is 7.40. The van der Waals surface area contributed by atoms with Crippen molar-refractivity contribution in [3.05, 3.63) is 29.8 Å². The first kappa shape index (κ1) is 25.7. The van der Waals surface area contributed by atoms with Gasteiger partial charge in [0.15, 0.2) is 5.78 Å². The maximum atomic E-state index is 13.7. The number of Topliss-reactive ketones (excluding diaryl/α,β-unsaturated/α-hetero) is 1. The number of carbonyl (C=O) groups excluding carboxylic acids is 4. The van der Waals surface area contributed by atoms with Crippen LogP contribution >= 0.6 is 0 Å². The molecule has 4 fully saturated rings. The van der Waals surface area contributed by atoms with Gasteiger partial charge in [-0.05, 0) is 68.7 Å². The summed E-state index contributed by atoms with van der Waals surface area (Å²) in [6.45, 7) is 6.65. The molecule has 1 saturated carbocycles. The number of hydrogen-bond acceptors (Lipinski definition) is 5. The van der Waals surface area contributed by atoms with Gasteiger partial charge in [-0.2, -0.15) is 0 Å². The van der Waals surface area contributed by atoms with Crippen molar-refractivity contribution in [3.8, 4) is 0 Å². The number of anilines is 1. The highest BCUT2D eigenvalue weighted by atomic mass is 16.2. The predicted molar refractivity (Wildman–Crippen MR) is 141 cm³/mol. The van der Waals surface area contributed by atoms with Gasteiger partial charge in [0, 0.05) is 36.8 Å². The zero-order chi connectivity index (χ0) is 26.1. The number of likely N-dealkylation sites (tertiary alicyclic amines) is 2. The van der Waals surface area contributed by atoms with Crippen LogP contribution in [0.25, 0.3) is 0 Å². The lowest BCUT2D eigenvalue weighted by molar-refractivity contribution is -0.138. The summed E-state index contributed by atoms with van der Waals surface area (Å²) >= 11 is 0. The minimum Gasteiger partial charge on any atom is -0.372 e. The maximum Gasteiger partial charge on any atom is 0.251 e. The summed E-state index contributed by atoms with van der Waals surface area (Å²) in [4.78, 5) is 58.8. The smallest absolute Gasteiger partial charge is 0.251 e. The predicted octanol–water partition coefficient (Wildman–Crippen LogP) is 3.00. The van der Waals surface area contributed by atoms with Crippen LogP contribution in [0.2, 0.25) is 0 Å². The van der Waals surface area contributed by atoms with Gasteiger partial charge >= 0.3 is 0 Å². The number of nitrogens with one attached hydrogen (secondary N) is 1. The molecule has 8 heteroatoms. The Hall–Kier alpha value is -2.90. The van der Waals surface area contributed by atoms with Crippen LogP contribution < -0.4 is 10.2 Å². The van der Waals surface area contributed by atoms with Gasteiger partial charge < -0.3 is 20.0 Å². The van der Waals surface area contributed by atoms with Crippen LogP contribution in [-0.2, 0) is 14.4 Å². The second-order valence-corrected chi connectivity index (χ2v) is 11.6. The monoisotopic (exact) mass is 508 g/mol. The third-order valence-electron chi connectivity index (χ3n) is 8.60. The average Bonchev–Trinajstić information content (AvgIpc) is 3.69. The summed E-state index contributed by atoms with van der Waals surface area (Å²) < 4.78 is 0. The van der Waals surface area contributed by atoms with Gasteiger partial charge in [0.05, 0.1) is 12.6 Å². The minimum absolute atomic E-state index is 0.0149. The van der Waals surface area contributed by atoms with Gasteiger partial charge in [-0.15, -0.1) is 0 Å². The molecule has 5 rings (SSSR count). The van der Waals surface area contributed by atoms with Gasteiger partial charge in [0.25, 0.3) is 5.91 Å². The largest absolute Gasteiger partial charge is 0.372 e. The molecule has 1 aliphatic carbocycles. The SMILES string of the molecule is CC(C)CC(NC(=O)c1ccc(N2CCCC2)cc1)C(=O)N1CCC2C1C(=O)CN2C(=O)C1CCCC1. The van der Waals surface area contributed by atoms with E-state index in [1.807, 2.05) is 38.1 Å². The van der Waals surface area contributed by atoms with Gasteiger partial charge in [0.1, 0.15) is 12.1 Å². The molecule has 1 N–H and O–H groups in total. The summed E-state index contributed by atoms with van der Waals surface area (Å²) in [7, 11) is 0. The lowest BCUT2D eigenvalue weighted by Gasteiger charge is -2.29. The molecule has 37 heavy (non-hydrogen) atoms. The van der Waals surface area contributed by atoms with Crippen molar-refractivity contribution in [1.82, 2.24) is 15.1 Å². The fraction of sp³-hybridized carbons (Fsp3) is 0.655. The van der Waals surface area contributed by atoms with Crippen LogP contribution in [0.4, 0.5) is 5.69 Å². The molecule has 3 aliphatic heterocycles. The Bertz CT molecular complexity index is 1030. The molecular weight excluding hydrogens is 468 g/mol. The number of benzene rings is 1. The van der Waals surface area contributed by atoms with Crippen molar-refractivity contribution in [2.24, 2.45) is 11.8 Å². The highest BCUT2D eigenvalue weighted by Gasteiger charge is 2.53. The van der Waals surface area contributed by atoms with E-state index in [9.17, 15) is 19.2 Å². The molecule has 0 aromatic heterocycles. The van der Waals surface area contributed by atoms with Crippen molar-refractivity contribution < 1.29 is 19.2 Å². The van der Waals surface area contributed by atoms with Gasteiger partial charge in [-0.25, -0.2) is 0 Å². The van der Waals surface area contributed by atoms with Crippen LogP contribution in [0, 0.1) is 11.8 Å². The average molecular weight is 509 g/mol. The molecule has 3 saturated heterocycles. The third-order valence-corrected chi connectivity index (χ3v) is 8.60. The van der Waals surface area contributed by atoms with Crippen molar-refractivity contribution in [3.63, 3.8) is 0 Å². The van der Waals surface area contributed by atoms with Crippen LogP contribution in [-0.4, -0.2) is 77.6 Å². The number of nitrogens with zero attached hydrogens (tertiary/aromatic N) is 3. The molecule has 4 aliphatic rings. The van der Waals surface area contributed by atoms with E-state index in [1.165, 1.54) is 12.8 Å². The van der Waals surface area contributed by atoms with E-state index in [0.29, 0.717) is 24.9 Å². The molecule has 3 unspecified atom stereocenters. The molecular formula is C29H40N4O4. The third kappa shape index (κ3) is 5.25. The summed E-state index contributed by atoms with van der Waals surface area (Å²) in [6, 6.07) is 6.03. The Morgan fingerprint density at radius 3 is 2.24 bits per heavy atom. The van der Waals surface area contributed by atoms with E-state index in [4.69, 9.17) is 0 Å². The number of amides is 3. The van der Waals surface area contributed by atoms with Crippen molar-refractivity contribution in [1.29, 1.82) is 0 Å².